The van der Waals surface area contributed by atoms with Crippen LogP contribution in [0.1, 0.15) is 20.8 Å². The zero-order chi connectivity index (χ0) is 13.8. The van der Waals surface area contributed by atoms with Gasteiger partial charge in [-0.25, -0.2) is 0 Å². The predicted molar refractivity (Wildman–Crippen MR) is 83.2 cm³/mol. The topological polar surface area (TPSA) is 3.24 Å². The Balaban J connectivity index is 2.44. The lowest BCUT2D eigenvalue weighted by molar-refractivity contribution is 1.10. The Morgan fingerprint density at radius 1 is 1.11 bits per heavy atom. The van der Waals surface area contributed by atoms with Gasteiger partial charge in [-0.15, -0.1) is 0 Å². The number of anilines is 1. The quantitative estimate of drug-likeness (QED) is 0.710. The summed E-state index contributed by atoms with van der Waals surface area (Å²) in [7, 11) is 2.08. The number of hydrogen-bond acceptors (Lipinski definition) is 1. The summed E-state index contributed by atoms with van der Waals surface area (Å²) in [5, 5.41) is 2.30. The van der Waals surface area contributed by atoms with Gasteiger partial charge in [0.2, 0.25) is 0 Å². The molecule has 0 aliphatic rings. The molecule has 0 unspecified atom stereocenters. The zero-order valence-corrected chi connectivity index (χ0v) is 12.0. The average molecular weight is 249 g/mol. The third-order valence-electron chi connectivity index (χ3n) is 3.17. The van der Waals surface area contributed by atoms with E-state index in [-0.39, 0.29) is 0 Å². The molecule has 1 heteroatoms. The predicted octanol–water partition coefficient (Wildman–Crippen LogP) is 4.75. The molecule has 2 aromatic rings. The van der Waals surface area contributed by atoms with Crippen molar-refractivity contribution in [1.82, 2.24) is 0 Å². The first-order valence-corrected chi connectivity index (χ1v) is 6.46. The van der Waals surface area contributed by atoms with Crippen LogP contribution in [0.15, 0.2) is 53.8 Å². The minimum Gasteiger partial charge on any atom is -0.347 e. The molecule has 0 atom stereocenters. The fraction of sp³-hybridized carbons (Fsp3) is 0.222. The van der Waals surface area contributed by atoms with Gasteiger partial charge < -0.3 is 4.90 Å². The van der Waals surface area contributed by atoms with Crippen molar-refractivity contribution in [2.75, 3.05) is 11.9 Å². The summed E-state index contributed by atoms with van der Waals surface area (Å²) >= 11 is 0. The van der Waals surface area contributed by atoms with Gasteiger partial charge in [-0.05, 0) is 32.9 Å². The maximum atomic E-state index is 3.15. The molecule has 2 rings (SSSR count). The summed E-state index contributed by atoms with van der Waals surface area (Å²) in [5.41, 5.74) is 3.65. The Bertz CT molecular complexity index is 626. The van der Waals surface area contributed by atoms with Gasteiger partial charge in [-0.2, -0.15) is 0 Å². The van der Waals surface area contributed by atoms with Crippen molar-refractivity contribution in [2.24, 2.45) is 0 Å². The van der Waals surface area contributed by atoms with Crippen LogP contribution >= 0.6 is 0 Å². The van der Waals surface area contributed by atoms with E-state index in [1.54, 1.807) is 0 Å². The van der Waals surface area contributed by atoms with Crippen LogP contribution in [0, 0.1) is 12.1 Å². The highest BCUT2D eigenvalue weighted by atomic mass is 15.1. The number of hydrogen-bond donors (Lipinski definition) is 0. The number of rotatable bonds is 3. The van der Waals surface area contributed by atoms with E-state index in [0.29, 0.717) is 0 Å². The van der Waals surface area contributed by atoms with Crippen LogP contribution in [0.2, 0.25) is 0 Å². The monoisotopic (exact) mass is 249 g/mol. The minimum atomic E-state index is 1.10. The summed E-state index contributed by atoms with van der Waals surface area (Å²) in [4.78, 5) is 2.19. The first kappa shape index (κ1) is 13.2. The molecule has 0 bridgehead atoms. The molecule has 1 nitrogen and oxygen atoms in total. The second kappa shape index (κ2) is 5.63. The summed E-state index contributed by atoms with van der Waals surface area (Å²) in [6.45, 7) is 6.32. The van der Waals surface area contributed by atoms with E-state index in [0.717, 1.165) is 11.1 Å². The van der Waals surface area contributed by atoms with Crippen molar-refractivity contribution in [3.05, 3.63) is 65.9 Å². The van der Waals surface area contributed by atoms with Crippen LogP contribution in [-0.4, -0.2) is 7.05 Å². The second-order valence-corrected chi connectivity index (χ2v) is 4.96. The van der Waals surface area contributed by atoms with Gasteiger partial charge in [0.15, 0.2) is 0 Å². The Morgan fingerprint density at radius 2 is 1.84 bits per heavy atom. The number of nitrogens with zero attached hydrogens (tertiary/aromatic N) is 1. The van der Waals surface area contributed by atoms with E-state index in [9.17, 15) is 0 Å². The summed E-state index contributed by atoms with van der Waals surface area (Å²) in [6.07, 6.45) is 4.27. The van der Waals surface area contributed by atoms with E-state index < -0.39 is 0 Å². The first-order chi connectivity index (χ1) is 9.09. The highest BCUT2D eigenvalue weighted by Gasteiger charge is 2.06. The minimum absolute atomic E-state index is 1.10. The first-order valence-electron chi connectivity index (χ1n) is 6.46. The van der Waals surface area contributed by atoms with E-state index >= 15 is 0 Å². The largest absolute Gasteiger partial charge is 0.347 e. The summed E-state index contributed by atoms with van der Waals surface area (Å²) in [5.74, 6) is 0. The fourth-order valence-electron chi connectivity index (χ4n) is 1.94. The van der Waals surface area contributed by atoms with Gasteiger partial charge in [0.25, 0.3) is 0 Å². The molecule has 0 aromatic heterocycles. The van der Waals surface area contributed by atoms with Crippen LogP contribution in [0.5, 0.6) is 0 Å². The molecular formula is C18H19N. The summed E-state index contributed by atoms with van der Waals surface area (Å²) in [6, 6.07) is 16.5. The lowest BCUT2D eigenvalue weighted by atomic mass is 10.1. The van der Waals surface area contributed by atoms with Gasteiger partial charge in [-0.1, -0.05) is 42.0 Å². The maximum absolute atomic E-state index is 3.15. The van der Waals surface area contributed by atoms with Gasteiger partial charge in [0.1, 0.15) is 0 Å². The Morgan fingerprint density at radius 3 is 2.58 bits per heavy atom. The maximum Gasteiger partial charge on any atom is 0.0576 e. The van der Waals surface area contributed by atoms with Crippen LogP contribution in [-0.2, 0) is 0 Å². The third-order valence-corrected chi connectivity index (χ3v) is 3.17. The molecule has 0 aliphatic heterocycles. The highest BCUT2D eigenvalue weighted by Crippen LogP contribution is 2.26. The van der Waals surface area contributed by atoms with Crippen molar-refractivity contribution in [2.45, 2.75) is 20.8 Å². The standard InChI is InChI=1S/C18H19N/c1-14(2)12-13-15(3)19(4)18-11-7-9-16-8-5-6-10-17(16)18/h5-6,8,10-13H,1-4H3/b15-13+. The molecule has 0 aliphatic carbocycles. The molecule has 0 fully saturated rings. The van der Waals surface area contributed by atoms with Gasteiger partial charge in [-0.3, -0.25) is 0 Å². The van der Waals surface area contributed by atoms with E-state index in [1.165, 1.54) is 16.7 Å². The molecule has 0 saturated heterocycles. The average Bonchev–Trinajstić information content (AvgIpc) is 2.43. The van der Waals surface area contributed by atoms with Crippen molar-refractivity contribution >= 4 is 16.5 Å². The van der Waals surface area contributed by atoms with E-state index in [2.05, 4.69) is 75.2 Å². The van der Waals surface area contributed by atoms with Crippen molar-refractivity contribution in [3.8, 4) is 0 Å². The SMILES string of the molecule is CC(C)=C/C=C(\C)N(C)c1cc#cc2ccccc12. The van der Waals surface area contributed by atoms with Crippen molar-refractivity contribution < 1.29 is 0 Å². The molecule has 96 valence electrons. The van der Waals surface area contributed by atoms with Crippen LogP contribution in [0.3, 0.4) is 0 Å². The normalized spacial score (nSPS) is 11.1. The molecule has 0 saturated carbocycles. The van der Waals surface area contributed by atoms with Gasteiger partial charge >= 0.3 is 0 Å². The molecule has 0 amide bonds. The zero-order valence-electron chi connectivity index (χ0n) is 12.0. The highest BCUT2D eigenvalue weighted by molar-refractivity contribution is 5.93. The number of fused-ring (bicyclic) bond motifs is 1. The molecule has 19 heavy (non-hydrogen) atoms. The van der Waals surface area contributed by atoms with E-state index in [4.69, 9.17) is 0 Å². The number of allylic oxidation sites excluding steroid dienone is 4. The number of benzene rings is 1. The third kappa shape index (κ3) is 2.98. The molecule has 0 spiro atoms. The van der Waals surface area contributed by atoms with Crippen LogP contribution in [0.4, 0.5) is 5.69 Å². The Labute approximate surface area is 115 Å². The Kier molecular flexibility index (Phi) is 3.92. The molecule has 0 N–H and O–H groups in total. The van der Waals surface area contributed by atoms with Gasteiger partial charge in [0, 0.05) is 29.6 Å². The molecule has 0 radical (unpaired) electrons. The fourth-order valence-corrected chi connectivity index (χ4v) is 1.94. The summed E-state index contributed by atoms with van der Waals surface area (Å²) < 4.78 is 0. The Hall–Kier alpha value is -2.20. The lowest BCUT2D eigenvalue weighted by Gasteiger charge is -2.20. The molecule has 2 aromatic carbocycles. The van der Waals surface area contributed by atoms with Gasteiger partial charge in [0.05, 0.1) is 5.69 Å². The lowest BCUT2D eigenvalue weighted by Crippen LogP contribution is -2.14. The van der Waals surface area contributed by atoms with Crippen LogP contribution in [0.25, 0.3) is 10.8 Å². The smallest absolute Gasteiger partial charge is 0.0576 e. The van der Waals surface area contributed by atoms with Crippen molar-refractivity contribution in [1.29, 1.82) is 0 Å². The van der Waals surface area contributed by atoms with E-state index in [1.807, 2.05) is 12.1 Å². The van der Waals surface area contributed by atoms with Crippen molar-refractivity contribution in [3.63, 3.8) is 0 Å². The molecule has 0 heterocycles. The van der Waals surface area contributed by atoms with Crippen LogP contribution < -0.4 is 4.90 Å². The second-order valence-electron chi connectivity index (χ2n) is 4.96. The molecular weight excluding hydrogens is 230 g/mol.